The van der Waals surface area contributed by atoms with Crippen LogP contribution in [0.15, 0.2) is 0 Å². The molecule has 0 aliphatic carbocycles. The Hall–Kier alpha value is -0.610. The molecule has 1 atom stereocenters. The van der Waals surface area contributed by atoms with E-state index >= 15 is 0 Å². The third kappa shape index (κ3) is 6.97. The molecular weight excluding hydrogens is 226 g/mol. The monoisotopic (exact) mass is 255 g/mol. The number of carbonyl (C=O) groups excluding carboxylic acids is 1. The first kappa shape index (κ1) is 15.4. The van der Waals surface area contributed by atoms with Crippen LogP contribution in [0.2, 0.25) is 0 Å². The molecule has 3 N–H and O–H groups in total. The summed E-state index contributed by atoms with van der Waals surface area (Å²) in [5.41, 5.74) is 5.16. The smallest absolute Gasteiger partial charge is 0.217 e. The van der Waals surface area contributed by atoms with Crippen LogP contribution >= 0.6 is 0 Å². The predicted octanol–water partition coefficient (Wildman–Crippen LogP) is 1.35. The van der Waals surface area contributed by atoms with Gasteiger partial charge in [-0.15, -0.1) is 0 Å². The van der Waals surface area contributed by atoms with Gasteiger partial charge in [-0.3, -0.25) is 4.79 Å². The maximum Gasteiger partial charge on any atom is 0.217 e. The summed E-state index contributed by atoms with van der Waals surface area (Å²) in [7, 11) is 0. The highest BCUT2D eigenvalue weighted by molar-refractivity contribution is 5.73. The summed E-state index contributed by atoms with van der Waals surface area (Å²) in [5, 5.41) is 3.55. The molecular formula is C14H29N3O. The molecule has 1 aliphatic rings. The van der Waals surface area contributed by atoms with Crippen LogP contribution in [0.3, 0.4) is 0 Å². The van der Waals surface area contributed by atoms with Gasteiger partial charge in [-0.1, -0.05) is 13.8 Å². The highest BCUT2D eigenvalue weighted by Gasteiger charge is 2.18. The minimum Gasteiger partial charge on any atom is -0.370 e. The van der Waals surface area contributed by atoms with E-state index in [1.165, 1.54) is 19.4 Å². The molecule has 0 saturated carbocycles. The van der Waals surface area contributed by atoms with Gasteiger partial charge >= 0.3 is 0 Å². The van der Waals surface area contributed by atoms with Gasteiger partial charge in [0.05, 0.1) is 0 Å². The zero-order valence-electron chi connectivity index (χ0n) is 12.0. The summed E-state index contributed by atoms with van der Waals surface area (Å²) in [6, 6.07) is 0.667. The first-order chi connectivity index (χ1) is 8.58. The lowest BCUT2D eigenvalue weighted by atomic mass is 10.1. The van der Waals surface area contributed by atoms with Crippen molar-refractivity contribution in [2.45, 2.75) is 52.0 Å². The van der Waals surface area contributed by atoms with Gasteiger partial charge in [0.25, 0.3) is 0 Å². The molecule has 0 spiro atoms. The fourth-order valence-corrected chi connectivity index (χ4v) is 2.63. The number of hydrogen-bond donors (Lipinski definition) is 2. The number of nitrogens with one attached hydrogen (secondary N) is 1. The van der Waals surface area contributed by atoms with Crippen molar-refractivity contribution in [1.82, 2.24) is 10.2 Å². The number of nitrogens with zero attached hydrogens (tertiary/aromatic N) is 1. The first-order valence-electron chi connectivity index (χ1n) is 7.32. The van der Waals surface area contributed by atoms with E-state index in [9.17, 15) is 4.79 Å². The molecule has 0 radical (unpaired) electrons. The standard InChI is InChI=1S/C14H29N3O/c1-12(2)10-17(9-4-3-7-14(15)18)11-13-6-5-8-16-13/h12-13,16H,3-11H2,1-2H3,(H2,15,18). The van der Waals surface area contributed by atoms with E-state index in [-0.39, 0.29) is 5.91 Å². The summed E-state index contributed by atoms with van der Waals surface area (Å²) in [5.74, 6) is 0.519. The number of carbonyl (C=O) groups is 1. The lowest BCUT2D eigenvalue weighted by Crippen LogP contribution is -2.39. The molecule has 18 heavy (non-hydrogen) atoms. The van der Waals surface area contributed by atoms with E-state index in [4.69, 9.17) is 5.73 Å². The average Bonchev–Trinajstić information content (AvgIpc) is 2.75. The number of amides is 1. The minimum absolute atomic E-state index is 0.178. The Morgan fingerprint density at radius 3 is 2.78 bits per heavy atom. The van der Waals surface area contributed by atoms with Gasteiger partial charge in [-0.2, -0.15) is 0 Å². The van der Waals surface area contributed by atoms with Crippen molar-refractivity contribution in [2.75, 3.05) is 26.2 Å². The molecule has 1 rings (SSSR count). The molecule has 0 aromatic carbocycles. The Balaban J connectivity index is 2.23. The second-order valence-corrected chi connectivity index (χ2v) is 5.87. The first-order valence-corrected chi connectivity index (χ1v) is 7.32. The lowest BCUT2D eigenvalue weighted by Gasteiger charge is -2.27. The Morgan fingerprint density at radius 1 is 1.44 bits per heavy atom. The molecule has 1 heterocycles. The van der Waals surface area contributed by atoms with E-state index in [0.29, 0.717) is 18.4 Å². The number of hydrogen-bond acceptors (Lipinski definition) is 3. The largest absolute Gasteiger partial charge is 0.370 e. The van der Waals surface area contributed by atoms with E-state index in [0.717, 1.165) is 32.5 Å². The molecule has 106 valence electrons. The quantitative estimate of drug-likeness (QED) is 0.612. The van der Waals surface area contributed by atoms with Crippen LogP contribution in [-0.4, -0.2) is 43.0 Å². The Bertz CT molecular complexity index is 237. The predicted molar refractivity (Wildman–Crippen MR) is 75.3 cm³/mol. The molecule has 1 amide bonds. The van der Waals surface area contributed by atoms with Crippen LogP contribution in [0.1, 0.15) is 46.0 Å². The van der Waals surface area contributed by atoms with Gasteiger partial charge in [0.2, 0.25) is 5.91 Å². The topological polar surface area (TPSA) is 58.4 Å². The summed E-state index contributed by atoms with van der Waals surface area (Å²) in [4.78, 5) is 13.2. The van der Waals surface area contributed by atoms with Gasteiger partial charge < -0.3 is 16.0 Å². The minimum atomic E-state index is -0.178. The summed E-state index contributed by atoms with van der Waals surface area (Å²) < 4.78 is 0. The van der Waals surface area contributed by atoms with Gasteiger partial charge in [-0.25, -0.2) is 0 Å². The molecule has 0 aromatic rings. The fraction of sp³-hybridized carbons (Fsp3) is 0.929. The van der Waals surface area contributed by atoms with Crippen molar-refractivity contribution in [1.29, 1.82) is 0 Å². The molecule has 1 aliphatic heterocycles. The third-order valence-electron chi connectivity index (χ3n) is 3.41. The molecule has 0 bridgehead atoms. The number of primary amides is 1. The van der Waals surface area contributed by atoms with Gasteiger partial charge in [-0.05, 0) is 44.7 Å². The van der Waals surface area contributed by atoms with Crippen molar-refractivity contribution >= 4 is 5.91 Å². The van der Waals surface area contributed by atoms with Crippen molar-refractivity contribution < 1.29 is 4.79 Å². The second-order valence-electron chi connectivity index (χ2n) is 5.87. The Kier molecular flexibility index (Phi) is 7.28. The van der Waals surface area contributed by atoms with Crippen LogP contribution in [0.4, 0.5) is 0 Å². The Labute approximate surface area is 111 Å². The SMILES string of the molecule is CC(C)CN(CCCCC(N)=O)CC1CCCN1. The van der Waals surface area contributed by atoms with Crippen LogP contribution in [0.25, 0.3) is 0 Å². The third-order valence-corrected chi connectivity index (χ3v) is 3.41. The molecule has 1 fully saturated rings. The van der Waals surface area contributed by atoms with Crippen LogP contribution in [-0.2, 0) is 4.79 Å². The zero-order valence-corrected chi connectivity index (χ0v) is 12.0. The number of rotatable bonds is 9. The number of unbranched alkanes of at least 4 members (excludes halogenated alkanes) is 1. The van der Waals surface area contributed by atoms with Gasteiger partial charge in [0.15, 0.2) is 0 Å². The van der Waals surface area contributed by atoms with Crippen LogP contribution < -0.4 is 11.1 Å². The van der Waals surface area contributed by atoms with Gasteiger partial charge in [0, 0.05) is 25.6 Å². The maximum absolute atomic E-state index is 10.7. The molecule has 4 nitrogen and oxygen atoms in total. The van der Waals surface area contributed by atoms with Crippen molar-refractivity contribution in [3.8, 4) is 0 Å². The number of nitrogens with two attached hydrogens (primary N) is 1. The van der Waals surface area contributed by atoms with E-state index in [1.807, 2.05) is 0 Å². The molecule has 0 aromatic heterocycles. The summed E-state index contributed by atoms with van der Waals surface area (Å²) in [6.45, 7) is 9.08. The second kappa shape index (κ2) is 8.48. The van der Waals surface area contributed by atoms with Crippen molar-refractivity contribution in [3.05, 3.63) is 0 Å². The highest BCUT2D eigenvalue weighted by Crippen LogP contribution is 2.10. The molecule has 1 unspecified atom stereocenters. The normalized spacial score (nSPS) is 19.9. The van der Waals surface area contributed by atoms with E-state index in [1.54, 1.807) is 0 Å². The lowest BCUT2D eigenvalue weighted by molar-refractivity contribution is -0.118. The van der Waals surface area contributed by atoms with E-state index < -0.39 is 0 Å². The Morgan fingerprint density at radius 2 is 2.22 bits per heavy atom. The van der Waals surface area contributed by atoms with E-state index in [2.05, 4.69) is 24.1 Å². The molecule has 4 heteroatoms. The van der Waals surface area contributed by atoms with Crippen LogP contribution in [0.5, 0.6) is 0 Å². The zero-order chi connectivity index (χ0) is 13.4. The van der Waals surface area contributed by atoms with Crippen molar-refractivity contribution in [3.63, 3.8) is 0 Å². The van der Waals surface area contributed by atoms with Gasteiger partial charge in [0.1, 0.15) is 0 Å². The average molecular weight is 255 g/mol. The molecule has 1 saturated heterocycles. The fourth-order valence-electron chi connectivity index (χ4n) is 2.63. The maximum atomic E-state index is 10.7. The highest BCUT2D eigenvalue weighted by atomic mass is 16.1. The van der Waals surface area contributed by atoms with Crippen molar-refractivity contribution in [2.24, 2.45) is 11.7 Å². The van der Waals surface area contributed by atoms with Crippen LogP contribution in [0, 0.1) is 5.92 Å². The summed E-state index contributed by atoms with van der Waals surface area (Å²) in [6.07, 6.45) is 5.12. The summed E-state index contributed by atoms with van der Waals surface area (Å²) >= 11 is 0.